The van der Waals surface area contributed by atoms with Crippen molar-refractivity contribution >= 4 is 14.0 Å². The number of carbonyl (C=O) groups excluding carboxylic acids is 1. The van der Waals surface area contributed by atoms with Crippen LogP contribution in [0.15, 0.2) is 36.4 Å². The largest absolute Gasteiger partial charge is 0.490 e. The minimum Gasteiger partial charge on any atom is -0.451 e. The second-order valence-corrected chi connectivity index (χ2v) is 11.9. The summed E-state index contributed by atoms with van der Waals surface area (Å²) in [6, 6.07) is 5.90. The molecule has 0 aromatic heterocycles. The lowest BCUT2D eigenvalue weighted by Gasteiger charge is -2.18. The van der Waals surface area contributed by atoms with Crippen molar-refractivity contribution in [1.29, 1.82) is 0 Å². The van der Waals surface area contributed by atoms with Crippen LogP contribution in [0.3, 0.4) is 0 Å². The molecule has 0 fully saturated rings. The van der Waals surface area contributed by atoms with Crippen LogP contribution in [0, 0.1) is 5.82 Å². The second-order valence-electron chi connectivity index (χ2n) is 6.42. The number of halogens is 4. The maximum atomic E-state index is 13.3. The van der Waals surface area contributed by atoms with Crippen LogP contribution in [0.1, 0.15) is 18.1 Å². The molecule has 0 aliphatic rings. The van der Waals surface area contributed by atoms with Crippen molar-refractivity contribution in [2.45, 2.75) is 44.4 Å². The topological polar surface area (TPSA) is 26.3 Å². The molecule has 0 saturated carbocycles. The van der Waals surface area contributed by atoms with Crippen LogP contribution in [0.2, 0.25) is 25.7 Å². The number of benzene rings is 1. The Labute approximate surface area is 134 Å². The number of hydrogen-bond donors (Lipinski definition) is 0. The van der Waals surface area contributed by atoms with E-state index in [9.17, 15) is 22.4 Å². The predicted molar refractivity (Wildman–Crippen MR) is 83.2 cm³/mol. The summed E-state index contributed by atoms with van der Waals surface area (Å²) in [6.07, 6.45) is -2.63. The SMILES string of the molecule is C[Si](C)(C)C/C=C/CC(OC(=O)C(F)(F)F)c1cccc(F)c1. The number of esters is 1. The first-order valence-electron chi connectivity index (χ1n) is 7.17. The molecule has 0 bridgehead atoms. The van der Waals surface area contributed by atoms with Crippen molar-refractivity contribution in [3.8, 4) is 0 Å². The Bertz CT molecular complexity index is 562. The van der Waals surface area contributed by atoms with Gasteiger partial charge in [-0.1, -0.05) is 43.9 Å². The Morgan fingerprint density at radius 3 is 2.43 bits per heavy atom. The van der Waals surface area contributed by atoms with E-state index in [1.54, 1.807) is 6.08 Å². The van der Waals surface area contributed by atoms with Gasteiger partial charge in [-0.25, -0.2) is 9.18 Å². The summed E-state index contributed by atoms with van der Waals surface area (Å²) in [5.74, 6) is -2.87. The van der Waals surface area contributed by atoms with Crippen molar-refractivity contribution < 1.29 is 27.1 Å². The Hall–Kier alpha value is -1.63. The molecule has 1 rings (SSSR count). The molecule has 0 heterocycles. The number of hydrogen-bond acceptors (Lipinski definition) is 2. The highest BCUT2D eigenvalue weighted by Crippen LogP contribution is 2.27. The van der Waals surface area contributed by atoms with Gasteiger partial charge in [-0.2, -0.15) is 13.2 Å². The molecule has 1 unspecified atom stereocenters. The zero-order valence-corrected chi connectivity index (χ0v) is 14.3. The van der Waals surface area contributed by atoms with E-state index in [2.05, 4.69) is 24.4 Å². The highest BCUT2D eigenvalue weighted by molar-refractivity contribution is 6.76. The summed E-state index contributed by atoms with van der Waals surface area (Å²) in [4.78, 5) is 11.1. The van der Waals surface area contributed by atoms with Gasteiger partial charge in [0.1, 0.15) is 11.9 Å². The Morgan fingerprint density at radius 1 is 1.26 bits per heavy atom. The van der Waals surface area contributed by atoms with E-state index >= 15 is 0 Å². The van der Waals surface area contributed by atoms with Gasteiger partial charge in [0.15, 0.2) is 0 Å². The van der Waals surface area contributed by atoms with Crippen LogP contribution in [0.4, 0.5) is 17.6 Å². The molecular weight excluding hydrogens is 328 g/mol. The zero-order chi connectivity index (χ0) is 17.7. The fourth-order valence-corrected chi connectivity index (χ4v) is 2.69. The van der Waals surface area contributed by atoms with Crippen molar-refractivity contribution in [3.63, 3.8) is 0 Å². The van der Waals surface area contributed by atoms with Gasteiger partial charge in [0, 0.05) is 14.5 Å². The molecule has 1 aromatic carbocycles. The number of ether oxygens (including phenoxy) is 1. The highest BCUT2D eigenvalue weighted by Gasteiger charge is 2.42. The van der Waals surface area contributed by atoms with Gasteiger partial charge in [-0.05, 0) is 23.7 Å². The second kappa shape index (κ2) is 7.76. The molecule has 0 amide bonds. The van der Waals surface area contributed by atoms with E-state index in [0.717, 1.165) is 12.1 Å². The van der Waals surface area contributed by atoms with Crippen molar-refractivity contribution in [2.24, 2.45) is 0 Å². The van der Waals surface area contributed by atoms with E-state index in [1.807, 2.05) is 6.08 Å². The first-order chi connectivity index (χ1) is 10.5. The molecule has 128 valence electrons. The first-order valence-corrected chi connectivity index (χ1v) is 10.9. The number of allylic oxidation sites excluding steroid dienone is 1. The van der Waals surface area contributed by atoms with Gasteiger partial charge in [-0.15, -0.1) is 0 Å². The van der Waals surface area contributed by atoms with E-state index in [-0.39, 0.29) is 12.0 Å². The molecule has 2 nitrogen and oxygen atoms in total. The summed E-state index contributed by atoms with van der Waals surface area (Å²) in [7, 11) is -1.31. The minimum absolute atomic E-state index is 0.0652. The molecule has 0 saturated heterocycles. The number of rotatable bonds is 6. The molecule has 1 aromatic rings. The van der Waals surface area contributed by atoms with Crippen molar-refractivity contribution in [2.75, 3.05) is 0 Å². The number of carbonyl (C=O) groups is 1. The Morgan fingerprint density at radius 2 is 1.91 bits per heavy atom. The number of alkyl halides is 3. The lowest BCUT2D eigenvalue weighted by atomic mass is 10.1. The van der Waals surface area contributed by atoms with E-state index in [4.69, 9.17) is 0 Å². The quantitative estimate of drug-likeness (QED) is 0.303. The summed E-state index contributed by atoms with van der Waals surface area (Å²) in [6.45, 7) is 6.47. The van der Waals surface area contributed by atoms with Crippen molar-refractivity contribution in [1.82, 2.24) is 0 Å². The third-order valence-electron chi connectivity index (χ3n) is 2.95. The molecule has 0 aliphatic heterocycles. The van der Waals surface area contributed by atoms with Crippen LogP contribution in [-0.4, -0.2) is 20.2 Å². The molecule has 0 N–H and O–H groups in total. The average molecular weight is 348 g/mol. The minimum atomic E-state index is -5.08. The van der Waals surface area contributed by atoms with Gasteiger partial charge in [-0.3, -0.25) is 0 Å². The van der Waals surface area contributed by atoms with Crippen LogP contribution >= 0.6 is 0 Å². The fraction of sp³-hybridized carbons (Fsp3) is 0.438. The van der Waals surface area contributed by atoms with Gasteiger partial charge in [0.25, 0.3) is 0 Å². The van der Waals surface area contributed by atoms with Gasteiger partial charge >= 0.3 is 12.1 Å². The standard InChI is InChI=1S/C16H20F4O2Si/c1-23(2,3)10-5-4-9-14(22-15(21)16(18,19)20)12-7-6-8-13(17)11-12/h4-8,11,14H,9-10H2,1-3H3/b5-4+. The third kappa shape index (κ3) is 7.45. The van der Waals surface area contributed by atoms with Crippen LogP contribution in [0.5, 0.6) is 0 Å². The highest BCUT2D eigenvalue weighted by atomic mass is 28.3. The van der Waals surface area contributed by atoms with Gasteiger partial charge in [0.2, 0.25) is 0 Å². The lowest BCUT2D eigenvalue weighted by molar-refractivity contribution is -0.205. The maximum Gasteiger partial charge on any atom is 0.490 e. The van der Waals surface area contributed by atoms with E-state index < -0.39 is 32.1 Å². The van der Waals surface area contributed by atoms with Crippen LogP contribution in [0.25, 0.3) is 0 Å². The molecule has 23 heavy (non-hydrogen) atoms. The van der Waals surface area contributed by atoms with Crippen LogP contribution in [-0.2, 0) is 9.53 Å². The monoisotopic (exact) mass is 348 g/mol. The third-order valence-corrected chi connectivity index (χ3v) is 4.41. The Kier molecular flexibility index (Phi) is 6.55. The first kappa shape index (κ1) is 19.4. The predicted octanol–water partition coefficient (Wildman–Crippen LogP) is 5.26. The molecule has 1 atom stereocenters. The Balaban J connectivity index is 2.87. The van der Waals surface area contributed by atoms with Gasteiger partial charge in [0.05, 0.1) is 0 Å². The van der Waals surface area contributed by atoms with E-state index in [0.29, 0.717) is 0 Å². The summed E-state index contributed by atoms with van der Waals surface area (Å²) >= 11 is 0. The average Bonchev–Trinajstić information content (AvgIpc) is 2.39. The molecule has 7 heteroatoms. The van der Waals surface area contributed by atoms with E-state index in [1.165, 1.54) is 18.2 Å². The maximum absolute atomic E-state index is 13.3. The molecule has 0 aliphatic carbocycles. The fourth-order valence-electron chi connectivity index (χ4n) is 1.81. The molecular formula is C16H20F4O2Si. The van der Waals surface area contributed by atoms with Crippen LogP contribution < -0.4 is 0 Å². The normalized spacial score (nSPS) is 14.0. The summed E-state index contributed by atoms with van der Waals surface area (Å²) < 4.78 is 55.0. The molecule has 0 spiro atoms. The summed E-state index contributed by atoms with van der Waals surface area (Å²) in [5, 5.41) is 0. The smallest absolute Gasteiger partial charge is 0.451 e. The lowest BCUT2D eigenvalue weighted by Crippen LogP contribution is -2.27. The molecule has 0 radical (unpaired) electrons. The van der Waals surface area contributed by atoms with Gasteiger partial charge < -0.3 is 4.74 Å². The summed E-state index contributed by atoms with van der Waals surface area (Å²) in [5.41, 5.74) is 0.195. The zero-order valence-electron chi connectivity index (χ0n) is 13.3. The van der Waals surface area contributed by atoms with Crippen molar-refractivity contribution in [3.05, 3.63) is 47.8 Å².